The van der Waals surface area contributed by atoms with E-state index in [0.717, 1.165) is 97.2 Å². The molecule has 0 aliphatic carbocycles. The van der Waals surface area contributed by atoms with Crippen LogP contribution in [0.3, 0.4) is 0 Å². The number of likely N-dealkylation sites (tertiary alicyclic amines) is 2. The lowest BCUT2D eigenvalue weighted by Crippen LogP contribution is -2.43. The Balaban J connectivity index is 0.931. The number of carbonyl (C=O) groups is 2. The number of ether oxygens (including phenoxy) is 1. The van der Waals surface area contributed by atoms with E-state index in [1.165, 1.54) is 0 Å². The lowest BCUT2D eigenvalue weighted by molar-refractivity contribution is -0.139. The van der Waals surface area contributed by atoms with Crippen molar-refractivity contribution in [3.05, 3.63) is 144 Å². The predicted octanol–water partition coefficient (Wildman–Crippen LogP) is 9.75. The van der Waals surface area contributed by atoms with Crippen LogP contribution in [-0.4, -0.2) is 90.6 Å². The van der Waals surface area contributed by atoms with Gasteiger partial charge in [0.25, 0.3) is 0 Å². The first-order valence-electron chi connectivity index (χ1n) is 22.1. The Bertz CT molecular complexity index is 2350. The Labute approximate surface area is 359 Å². The highest BCUT2D eigenvalue weighted by Gasteiger charge is 2.39. The molecule has 0 radical (unpaired) electrons. The minimum Gasteiger partial charge on any atom is -0.457 e. The zero-order valence-corrected chi connectivity index (χ0v) is 35.8. The van der Waals surface area contributed by atoms with Crippen LogP contribution in [0.25, 0.3) is 22.5 Å². The molecule has 2 fully saturated rings. The second-order valence-corrected chi connectivity index (χ2v) is 16.0. The summed E-state index contributed by atoms with van der Waals surface area (Å²) in [4.78, 5) is 53.8. The van der Waals surface area contributed by atoms with Crippen LogP contribution in [0.1, 0.15) is 100 Å². The van der Waals surface area contributed by atoms with Gasteiger partial charge in [0.05, 0.1) is 29.7 Å². The van der Waals surface area contributed by atoms with Gasteiger partial charge in [-0.3, -0.25) is 19.4 Å². The van der Waals surface area contributed by atoms with Crippen molar-refractivity contribution in [1.29, 1.82) is 0 Å². The van der Waals surface area contributed by atoms with Crippen molar-refractivity contribution in [2.75, 3.05) is 39.3 Å². The largest absolute Gasteiger partial charge is 0.457 e. The molecule has 2 aromatic heterocycles. The zero-order valence-electron chi connectivity index (χ0n) is 35.8. The Kier molecular flexibility index (Phi) is 13.1. The fourth-order valence-electron chi connectivity index (χ4n) is 9.28. The molecule has 61 heavy (non-hydrogen) atoms. The average molecular weight is 819 g/mol. The Hall–Kier alpha value is -6.04. The van der Waals surface area contributed by atoms with Gasteiger partial charge in [-0.25, -0.2) is 9.97 Å². The smallest absolute Gasteiger partial charge is 0.245 e. The molecular weight excluding hydrogens is 761 g/mol. The van der Waals surface area contributed by atoms with Crippen LogP contribution < -0.4 is 4.74 Å². The molecule has 4 atom stereocenters. The topological polar surface area (TPSA) is 114 Å². The number of likely N-dealkylation sites (N-methyl/N-ethyl adjacent to an activating group) is 2. The van der Waals surface area contributed by atoms with Crippen molar-refractivity contribution in [1.82, 2.24) is 39.5 Å². The monoisotopic (exact) mass is 818 g/mol. The average Bonchev–Trinajstić information content (AvgIpc) is 4.15. The first-order chi connectivity index (χ1) is 29.9. The van der Waals surface area contributed by atoms with Crippen molar-refractivity contribution in [2.24, 2.45) is 0 Å². The minimum absolute atomic E-state index is 0.104. The standard InChI is InChI=1S/C50H58N8O3/c1-5-55(6-2)45(36-18-11-9-12-19-36)49(59)57-30-16-24-43(57)47-51-33-41(53-47)35-26-28-39(29-27-35)61-40-23-15-22-38(32-40)42-34-52-48(54-42)44-25-17-31-58(44)50(60)46(56(7-3)8-4)37-20-13-10-14-21-37/h9-15,18-23,26-29,32-34,43-46H,5-8,16-17,24-25,30-31H2,1-4H3,(H,51,53)(H,52,54)/t43-,44-,45+,46+/m0/s1. The third-order valence-corrected chi connectivity index (χ3v) is 12.5. The van der Waals surface area contributed by atoms with Crippen molar-refractivity contribution in [3.63, 3.8) is 0 Å². The summed E-state index contributed by atoms with van der Waals surface area (Å²) < 4.78 is 6.35. The van der Waals surface area contributed by atoms with E-state index in [2.05, 4.69) is 71.7 Å². The number of carbonyl (C=O) groups excluding carboxylic acids is 2. The quantitative estimate of drug-likeness (QED) is 0.100. The maximum atomic E-state index is 14.3. The maximum absolute atomic E-state index is 14.3. The molecule has 6 aromatic rings. The van der Waals surface area contributed by atoms with Crippen molar-refractivity contribution in [2.45, 2.75) is 77.5 Å². The van der Waals surface area contributed by atoms with Crippen LogP contribution in [-0.2, 0) is 9.59 Å². The summed E-state index contributed by atoms with van der Waals surface area (Å²) in [7, 11) is 0. The SMILES string of the molecule is CCN(CC)[C@@H](C(=O)N1CCC[C@H]1c1nc(-c2cccc(Oc3ccc(-c4cnc([C@@H]5CCCN5C(=O)[C@@H](c5ccccc5)N(CC)CC)[nH]4)cc3)c2)c[nH]1)c1ccccc1. The molecule has 0 unspecified atom stereocenters. The number of amides is 2. The second kappa shape index (κ2) is 19.1. The third kappa shape index (κ3) is 8.90. The van der Waals surface area contributed by atoms with Gasteiger partial charge in [0.2, 0.25) is 11.8 Å². The van der Waals surface area contributed by atoms with Gasteiger partial charge in [-0.1, -0.05) is 100 Å². The molecule has 0 saturated carbocycles. The highest BCUT2D eigenvalue weighted by Crippen LogP contribution is 2.38. The summed E-state index contributed by atoms with van der Waals surface area (Å²) >= 11 is 0. The lowest BCUT2D eigenvalue weighted by atomic mass is 10.0. The normalized spacial score (nSPS) is 17.6. The highest BCUT2D eigenvalue weighted by molar-refractivity contribution is 5.85. The number of benzene rings is 4. The Morgan fingerprint density at radius 3 is 1.79 bits per heavy atom. The van der Waals surface area contributed by atoms with Crippen LogP contribution >= 0.6 is 0 Å². The van der Waals surface area contributed by atoms with Crippen LogP contribution in [0, 0.1) is 0 Å². The second-order valence-electron chi connectivity index (χ2n) is 16.0. The fraction of sp³-hybridized carbons (Fsp3) is 0.360. The molecule has 4 aromatic carbocycles. The predicted molar refractivity (Wildman–Crippen MR) is 240 cm³/mol. The minimum atomic E-state index is -0.331. The zero-order chi connectivity index (χ0) is 42.3. The van der Waals surface area contributed by atoms with Gasteiger partial charge in [-0.2, -0.15) is 0 Å². The van der Waals surface area contributed by atoms with E-state index >= 15 is 0 Å². The summed E-state index contributed by atoms with van der Waals surface area (Å²) in [6.07, 6.45) is 7.39. The van der Waals surface area contributed by atoms with E-state index in [-0.39, 0.29) is 36.0 Å². The van der Waals surface area contributed by atoms with E-state index in [4.69, 9.17) is 14.7 Å². The van der Waals surface area contributed by atoms with E-state index in [1.807, 2.05) is 107 Å². The van der Waals surface area contributed by atoms with Crippen LogP contribution in [0.4, 0.5) is 0 Å². The molecule has 0 bridgehead atoms. The number of nitrogens with one attached hydrogen (secondary N) is 2. The molecule has 11 heteroatoms. The number of H-pyrrole nitrogens is 2. The Morgan fingerprint density at radius 1 is 0.672 bits per heavy atom. The molecule has 2 aliphatic heterocycles. The van der Waals surface area contributed by atoms with E-state index < -0.39 is 0 Å². The van der Waals surface area contributed by atoms with Crippen LogP contribution in [0.5, 0.6) is 11.5 Å². The molecule has 2 amide bonds. The van der Waals surface area contributed by atoms with Crippen LogP contribution in [0.15, 0.2) is 122 Å². The van der Waals surface area contributed by atoms with Gasteiger partial charge in [0.15, 0.2) is 0 Å². The van der Waals surface area contributed by atoms with E-state index in [1.54, 1.807) is 0 Å². The summed E-state index contributed by atoms with van der Waals surface area (Å²) in [5, 5.41) is 0. The highest BCUT2D eigenvalue weighted by atomic mass is 16.5. The number of aromatic nitrogens is 4. The van der Waals surface area contributed by atoms with Crippen molar-refractivity contribution >= 4 is 11.8 Å². The molecule has 2 N–H and O–H groups in total. The van der Waals surface area contributed by atoms with Crippen molar-refractivity contribution < 1.29 is 14.3 Å². The van der Waals surface area contributed by atoms with Gasteiger partial charge < -0.3 is 24.5 Å². The molecular formula is C50H58N8O3. The van der Waals surface area contributed by atoms with Gasteiger partial charge >= 0.3 is 0 Å². The summed E-state index contributed by atoms with van der Waals surface area (Å²) in [6.45, 7) is 13.0. The van der Waals surface area contributed by atoms with Gasteiger partial charge in [0, 0.05) is 24.8 Å². The molecule has 2 aliphatic rings. The number of rotatable bonds is 16. The van der Waals surface area contributed by atoms with Gasteiger partial charge in [0.1, 0.15) is 35.2 Å². The fourth-order valence-corrected chi connectivity index (χ4v) is 9.28. The molecule has 4 heterocycles. The first-order valence-corrected chi connectivity index (χ1v) is 22.1. The number of hydrogen-bond donors (Lipinski definition) is 2. The van der Waals surface area contributed by atoms with E-state index in [0.29, 0.717) is 24.6 Å². The Morgan fingerprint density at radius 2 is 1.23 bits per heavy atom. The number of imidazole rings is 2. The molecule has 11 nitrogen and oxygen atoms in total. The summed E-state index contributed by atoms with van der Waals surface area (Å²) in [5.74, 6) is 3.28. The lowest BCUT2D eigenvalue weighted by Gasteiger charge is -2.34. The number of hydrogen-bond acceptors (Lipinski definition) is 7. The number of nitrogens with zero attached hydrogens (tertiary/aromatic N) is 6. The van der Waals surface area contributed by atoms with Crippen LogP contribution in [0.2, 0.25) is 0 Å². The molecule has 2 saturated heterocycles. The van der Waals surface area contributed by atoms with Crippen molar-refractivity contribution in [3.8, 4) is 34.0 Å². The van der Waals surface area contributed by atoms with Gasteiger partial charge in [-0.05, 0) is 105 Å². The molecule has 316 valence electrons. The van der Waals surface area contributed by atoms with E-state index in [9.17, 15) is 9.59 Å². The van der Waals surface area contributed by atoms with Gasteiger partial charge in [-0.15, -0.1) is 0 Å². The molecule has 0 spiro atoms. The first kappa shape index (κ1) is 41.7. The third-order valence-electron chi connectivity index (χ3n) is 12.5. The molecule has 8 rings (SSSR count). The summed E-state index contributed by atoms with van der Waals surface area (Å²) in [6, 6.07) is 35.3. The summed E-state index contributed by atoms with van der Waals surface area (Å²) in [5.41, 5.74) is 5.65. The maximum Gasteiger partial charge on any atom is 0.245 e. The number of aromatic amines is 2.